The molecule has 2 heterocycles. The van der Waals surface area contributed by atoms with Crippen molar-refractivity contribution in [2.75, 3.05) is 11.9 Å². The van der Waals surface area contributed by atoms with Gasteiger partial charge in [0.25, 0.3) is 5.91 Å². The number of aromatic nitrogens is 4. The van der Waals surface area contributed by atoms with E-state index in [1.54, 1.807) is 14.0 Å². The van der Waals surface area contributed by atoms with Crippen LogP contribution < -0.4 is 5.32 Å². The van der Waals surface area contributed by atoms with E-state index in [1.807, 2.05) is 0 Å². The van der Waals surface area contributed by atoms with Crippen molar-refractivity contribution in [2.24, 2.45) is 7.05 Å². The minimum Gasteiger partial charge on any atom is -0.480 e. The summed E-state index contributed by atoms with van der Waals surface area (Å²) < 4.78 is 7.39. The van der Waals surface area contributed by atoms with Crippen molar-refractivity contribution in [1.29, 1.82) is 0 Å². The molecule has 2 N–H and O–H groups in total. The maximum absolute atomic E-state index is 12.3. The van der Waals surface area contributed by atoms with Crippen molar-refractivity contribution in [1.82, 2.24) is 19.6 Å². The number of aryl methyl sites for hydroxylation is 1. The van der Waals surface area contributed by atoms with Crippen molar-refractivity contribution in [2.45, 2.75) is 19.9 Å². The molecule has 1 amide bonds. The lowest BCUT2D eigenvalue weighted by molar-refractivity contribution is -0.140. The van der Waals surface area contributed by atoms with Gasteiger partial charge in [0, 0.05) is 13.2 Å². The molecule has 128 valence electrons. The number of anilines is 1. The molecule has 0 saturated carbocycles. The minimum atomic E-state index is -1.07. The molecule has 10 heteroatoms. The lowest BCUT2D eigenvalue weighted by Gasteiger charge is -2.07. The molecule has 0 aliphatic heterocycles. The maximum atomic E-state index is 12.3. The monoisotopic (exact) mass is 335 g/mol. The highest BCUT2D eigenvalue weighted by Gasteiger charge is 2.21. The third-order valence-corrected chi connectivity index (χ3v) is 3.28. The van der Waals surface area contributed by atoms with Gasteiger partial charge in [-0.2, -0.15) is 10.2 Å². The molecule has 1 atom stereocenters. The predicted molar refractivity (Wildman–Crippen MR) is 81.7 cm³/mol. The molecule has 2 rings (SSSR count). The molecule has 0 radical (unpaired) electrons. The van der Waals surface area contributed by atoms with Crippen LogP contribution in [0.4, 0.5) is 5.82 Å². The number of hydrogen-bond donors (Lipinski definition) is 2. The molecule has 2 aromatic heterocycles. The Hall–Kier alpha value is -3.17. The second kappa shape index (κ2) is 6.94. The number of hydrogen-bond acceptors (Lipinski definition) is 6. The first-order valence-corrected chi connectivity index (χ1v) is 7.12. The van der Waals surface area contributed by atoms with Crippen LogP contribution >= 0.6 is 0 Å². The first-order chi connectivity index (χ1) is 11.3. The maximum Gasteiger partial charge on any atom is 0.343 e. The Morgan fingerprint density at radius 2 is 2.04 bits per heavy atom. The standard InChI is InChI=1S/C14H17N5O5/c1-4-24-14(23)10-6-15-18(3)11(10)17-12(20)9-5-16-19(7-9)8(2)13(21)22/h5-8H,4H2,1-3H3,(H,17,20)(H,21,22). The van der Waals surface area contributed by atoms with E-state index in [4.69, 9.17) is 9.84 Å². The first-order valence-electron chi connectivity index (χ1n) is 7.12. The minimum absolute atomic E-state index is 0.124. The fraction of sp³-hybridized carbons (Fsp3) is 0.357. The van der Waals surface area contributed by atoms with Crippen LogP contribution in [0.25, 0.3) is 0 Å². The van der Waals surface area contributed by atoms with Crippen LogP contribution in [0.2, 0.25) is 0 Å². The molecule has 24 heavy (non-hydrogen) atoms. The highest BCUT2D eigenvalue weighted by molar-refractivity contribution is 6.07. The molecule has 0 aliphatic rings. The molecule has 0 bridgehead atoms. The summed E-state index contributed by atoms with van der Waals surface area (Å²) in [4.78, 5) is 35.1. The SMILES string of the molecule is CCOC(=O)c1cnn(C)c1NC(=O)c1cnn(C(C)C(=O)O)c1. The Balaban J connectivity index is 2.20. The highest BCUT2D eigenvalue weighted by atomic mass is 16.5. The molecule has 0 aromatic carbocycles. The molecule has 1 unspecified atom stereocenters. The summed E-state index contributed by atoms with van der Waals surface area (Å²) in [6.07, 6.45) is 3.85. The van der Waals surface area contributed by atoms with Gasteiger partial charge in [-0.05, 0) is 13.8 Å². The van der Waals surface area contributed by atoms with Crippen LogP contribution in [-0.4, -0.2) is 49.1 Å². The molecule has 10 nitrogen and oxygen atoms in total. The molecule has 0 fully saturated rings. The lowest BCUT2D eigenvalue weighted by Crippen LogP contribution is -2.18. The molecule has 2 aromatic rings. The Kier molecular flexibility index (Phi) is 4.97. The van der Waals surface area contributed by atoms with Gasteiger partial charge in [-0.1, -0.05) is 0 Å². The number of nitrogens with one attached hydrogen (secondary N) is 1. The van der Waals surface area contributed by atoms with Crippen molar-refractivity contribution in [3.63, 3.8) is 0 Å². The molecular formula is C14H17N5O5. The van der Waals surface area contributed by atoms with Crippen LogP contribution in [0.3, 0.4) is 0 Å². The molecule has 0 aliphatic carbocycles. The number of nitrogens with zero attached hydrogens (tertiary/aromatic N) is 4. The van der Waals surface area contributed by atoms with Crippen molar-refractivity contribution >= 4 is 23.7 Å². The molecule has 0 saturated heterocycles. The zero-order valence-corrected chi connectivity index (χ0v) is 13.4. The summed E-state index contributed by atoms with van der Waals surface area (Å²) in [6, 6.07) is -0.904. The Morgan fingerprint density at radius 1 is 1.33 bits per heavy atom. The first kappa shape index (κ1) is 17.2. The van der Waals surface area contributed by atoms with Crippen molar-refractivity contribution in [3.05, 3.63) is 29.7 Å². The summed E-state index contributed by atoms with van der Waals surface area (Å²) in [5.74, 6) is -2.04. The van der Waals surface area contributed by atoms with Gasteiger partial charge in [0.2, 0.25) is 0 Å². The van der Waals surface area contributed by atoms with Crippen LogP contribution in [0, 0.1) is 0 Å². The lowest BCUT2D eigenvalue weighted by atomic mass is 10.3. The second-order valence-corrected chi connectivity index (χ2v) is 4.93. The zero-order valence-electron chi connectivity index (χ0n) is 13.4. The van der Waals surface area contributed by atoms with Crippen LogP contribution in [0.1, 0.15) is 40.6 Å². The third-order valence-electron chi connectivity index (χ3n) is 3.28. The van der Waals surface area contributed by atoms with E-state index in [-0.39, 0.29) is 23.6 Å². The normalized spacial score (nSPS) is 11.8. The summed E-state index contributed by atoms with van der Waals surface area (Å²) in [5.41, 5.74) is 0.276. The summed E-state index contributed by atoms with van der Waals surface area (Å²) >= 11 is 0. The fourth-order valence-corrected chi connectivity index (χ4v) is 1.90. The number of ether oxygens (including phenoxy) is 1. The average molecular weight is 335 g/mol. The van der Waals surface area contributed by atoms with Crippen LogP contribution in [0.15, 0.2) is 18.6 Å². The van der Waals surface area contributed by atoms with E-state index >= 15 is 0 Å². The highest BCUT2D eigenvalue weighted by Crippen LogP contribution is 2.17. The Morgan fingerprint density at radius 3 is 2.67 bits per heavy atom. The van der Waals surface area contributed by atoms with Gasteiger partial charge in [0.15, 0.2) is 0 Å². The number of carboxylic acids is 1. The van der Waals surface area contributed by atoms with E-state index in [0.717, 1.165) is 4.68 Å². The summed E-state index contributed by atoms with van der Waals surface area (Å²) in [5, 5.41) is 19.3. The number of carbonyl (C=O) groups is 3. The van der Waals surface area contributed by atoms with E-state index in [1.165, 1.54) is 30.2 Å². The number of aliphatic carboxylic acids is 1. The van der Waals surface area contributed by atoms with Gasteiger partial charge in [-0.3, -0.25) is 14.2 Å². The number of amides is 1. The smallest absolute Gasteiger partial charge is 0.343 e. The van der Waals surface area contributed by atoms with Gasteiger partial charge in [0.1, 0.15) is 17.4 Å². The van der Waals surface area contributed by atoms with Crippen molar-refractivity contribution < 1.29 is 24.2 Å². The van der Waals surface area contributed by atoms with E-state index < -0.39 is 23.9 Å². The van der Waals surface area contributed by atoms with Gasteiger partial charge < -0.3 is 15.2 Å². The van der Waals surface area contributed by atoms with Crippen LogP contribution in [-0.2, 0) is 16.6 Å². The van der Waals surface area contributed by atoms with Gasteiger partial charge in [0.05, 0.1) is 24.6 Å². The largest absolute Gasteiger partial charge is 0.480 e. The van der Waals surface area contributed by atoms with Crippen molar-refractivity contribution in [3.8, 4) is 0 Å². The Bertz CT molecular complexity index is 778. The second-order valence-electron chi connectivity index (χ2n) is 4.93. The van der Waals surface area contributed by atoms with E-state index in [0.29, 0.717) is 0 Å². The van der Waals surface area contributed by atoms with Gasteiger partial charge >= 0.3 is 11.9 Å². The fourth-order valence-electron chi connectivity index (χ4n) is 1.90. The van der Waals surface area contributed by atoms with E-state index in [9.17, 15) is 14.4 Å². The number of carbonyl (C=O) groups excluding carboxylic acids is 2. The summed E-state index contributed by atoms with van der Waals surface area (Å²) in [7, 11) is 1.56. The van der Waals surface area contributed by atoms with Gasteiger partial charge in [-0.15, -0.1) is 0 Å². The third kappa shape index (κ3) is 3.42. The predicted octanol–water partition coefficient (Wildman–Crippen LogP) is 0.691. The topological polar surface area (TPSA) is 128 Å². The number of esters is 1. The van der Waals surface area contributed by atoms with Gasteiger partial charge in [-0.25, -0.2) is 9.59 Å². The van der Waals surface area contributed by atoms with E-state index in [2.05, 4.69) is 15.5 Å². The number of carboxylic acid groups (broad SMARTS) is 1. The Labute approximate surface area is 137 Å². The summed E-state index contributed by atoms with van der Waals surface area (Å²) in [6.45, 7) is 3.31. The number of rotatable bonds is 6. The average Bonchev–Trinajstić information content (AvgIpc) is 3.15. The van der Waals surface area contributed by atoms with Crippen LogP contribution in [0.5, 0.6) is 0 Å². The molecular weight excluding hydrogens is 318 g/mol. The quantitative estimate of drug-likeness (QED) is 0.743. The molecule has 0 spiro atoms. The zero-order chi connectivity index (χ0) is 17.9.